The van der Waals surface area contributed by atoms with Gasteiger partial charge in [-0.25, -0.2) is 8.42 Å². The van der Waals surface area contributed by atoms with Crippen LogP contribution < -0.4 is 5.73 Å². The molecule has 2 rings (SSSR count). The van der Waals surface area contributed by atoms with Crippen LogP contribution in [0, 0.1) is 0 Å². The van der Waals surface area contributed by atoms with Crippen LogP contribution in [0.5, 0.6) is 0 Å². The molecule has 5 nitrogen and oxygen atoms in total. The fourth-order valence-electron chi connectivity index (χ4n) is 2.42. The van der Waals surface area contributed by atoms with Gasteiger partial charge in [-0.15, -0.1) is 0 Å². The first-order valence-electron chi connectivity index (χ1n) is 7.06. The molecule has 0 bridgehead atoms. The molecule has 0 aromatic heterocycles. The molecule has 0 saturated heterocycles. The van der Waals surface area contributed by atoms with Crippen LogP contribution in [0.15, 0.2) is 59.5 Å². The summed E-state index contributed by atoms with van der Waals surface area (Å²) in [5, 5.41) is 9.54. The Morgan fingerprint density at radius 2 is 1.61 bits per heavy atom. The van der Waals surface area contributed by atoms with E-state index in [1.54, 1.807) is 12.1 Å². The van der Waals surface area contributed by atoms with Crippen LogP contribution in [0.4, 0.5) is 0 Å². The Hall–Kier alpha value is -2.18. The smallest absolute Gasteiger partial charge is 0.324 e. The minimum absolute atomic E-state index is 0.0422. The van der Waals surface area contributed by atoms with Crippen molar-refractivity contribution >= 4 is 15.8 Å². The second-order valence-electron chi connectivity index (χ2n) is 5.72. The minimum Gasteiger partial charge on any atom is -0.480 e. The van der Waals surface area contributed by atoms with E-state index < -0.39 is 21.3 Å². The summed E-state index contributed by atoms with van der Waals surface area (Å²) in [5.74, 6) is -1.12. The number of carboxylic acid groups (broad SMARTS) is 1. The maximum absolute atomic E-state index is 11.7. The molecule has 0 fully saturated rings. The molecule has 0 spiro atoms. The van der Waals surface area contributed by atoms with E-state index in [1.807, 2.05) is 30.3 Å². The predicted octanol–water partition coefficient (Wildman–Crippen LogP) is 1.66. The number of rotatable bonds is 6. The highest BCUT2D eigenvalue weighted by atomic mass is 32.2. The molecule has 0 saturated carbocycles. The molecule has 0 unspecified atom stereocenters. The first-order valence-corrected chi connectivity index (χ1v) is 8.95. The molecule has 0 amide bonds. The number of sulfone groups is 1. The third-order valence-corrected chi connectivity index (χ3v) is 4.74. The maximum Gasteiger partial charge on any atom is 0.324 e. The summed E-state index contributed by atoms with van der Waals surface area (Å²) < 4.78 is 23.3. The molecule has 3 N–H and O–H groups in total. The van der Waals surface area contributed by atoms with Gasteiger partial charge in [-0.05, 0) is 23.3 Å². The highest BCUT2D eigenvalue weighted by Crippen LogP contribution is 2.20. The topological polar surface area (TPSA) is 97.5 Å². The van der Waals surface area contributed by atoms with Gasteiger partial charge in [-0.3, -0.25) is 4.79 Å². The third-order valence-electron chi connectivity index (χ3n) is 3.63. The Morgan fingerprint density at radius 3 is 2.17 bits per heavy atom. The molecule has 122 valence electrons. The van der Waals surface area contributed by atoms with E-state index in [1.165, 1.54) is 12.1 Å². The zero-order valence-corrected chi connectivity index (χ0v) is 13.6. The molecular formula is C17H19NO4S. The van der Waals surface area contributed by atoms with Gasteiger partial charge in [0.1, 0.15) is 5.54 Å². The van der Waals surface area contributed by atoms with Crippen LogP contribution in [0.3, 0.4) is 0 Å². The van der Waals surface area contributed by atoms with Crippen LogP contribution >= 0.6 is 0 Å². The van der Waals surface area contributed by atoms with Crippen LogP contribution in [0.2, 0.25) is 0 Å². The van der Waals surface area contributed by atoms with Crippen molar-refractivity contribution in [1.82, 2.24) is 0 Å². The lowest BCUT2D eigenvalue weighted by atomic mass is 9.85. The van der Waals surface area contributed by atoms with Gasteiger partial charge in [0.15, 0.2) is 9.84 Å². The Morgan fingerprint density at radius 1 is 1.04 bits per heavy atom. The van der Waals surface area contributed by atoms with E-state index in [4.69, 9.17) is 5.73 Å². The fourth-order valence-corrected chi connectivity index (χ4v) is 3.12. The van der Waals surface area contributed by atoms with Crippen molar-refractivity contribution in [2.75, 3.05) is 6.26 Å². The van der Waals surface area contributed by atoms with Gasteiger partial charge in [-0.2, -0.15) is 0 Å². The number of hydrogen-bond donors (Lipinski definition) is 2. The van der Waals surface area contributed by atoms with Crippen molar-refractivity contribution in [2.24, 2.45) is 5.73 Å². The number of benzene rings is 2. The summed E-state index contributed by atoms with van der Waals surface area (Å²) in [6.45, 7) is 0. The van der Waals surface area contributed by atoms with Gasteiger partial charge < -0.3 is 10.8 Å². The predicted molar refractivity (Wildman–Crippen MR) is 88.0 cm³/mol. The molecule has 0 aliphatic carbocycles. The number of aliphatic carboxylic acids is 1. The molecular weight excluding hydrogens is 314 g/mol. The maximum atomic E-state index is 11.7. The first kappa shape index (κ1) is 17.2. The third kappa shape index (κ3) is 4.40. The van der Waals surface area contributed by atoms with Crippen molar-refractivity contribution in [3.63, 3.8) is 0 Å². The summed E-state index contributed by atoms with van der Waals surface area (Å²) in [6, 6.07) is 15.4. The molecule has 6 heteroatoms. The number of carboxylic acids is 1. The SMILES string of the molecule is CS(=O)(=O)c1cccc(C[C@@](N)(Cc2ccccc2)C(=O)O)c1. The quantitative estimate of drug-likeness (QED) is 0.838. The van der Waals surface area contributed by atoms with E-state index in [-0.39, 0.29) is 17.7 Å². The van der Waals surface area contributed by atoms with Crippen LogP contribution in [0.25, 0.3) is 0 Å². The Labute approximate surface area is 135 Å². The molecule has 2 aromatic carbocycles. The first-order chi connectivity index (χ1) is 10.7. The van der Waals surface area contributed by atoms with E-state index in [9.17, 15) is 18.3 Å². The van der Waals surface area contributed by atoms with Crippen molar-refractivity contribution in [3.05, 3.63) is 65.7 Å². The monoisotopic (exact) mass is 333 g/mol. The summed E-state index contributed by atoms with van der Waals surface area (Å²) in [5.41, 5.74) is 6.01. The van der Waals surface area contributed by atoms with Crippen LogP contribution in [0.1, 0.15) is 11.1 Å². The number of hydrogen-bond acceptors (Lipinski definition) is 4. The summed E-state index contributed by atoms with van der Waals surface area (Å²) in [4.78, 5) is 11.8. The Kier molecular flexibility index (Phi) is 4.87. The second kappa shape index (κ2) is 6.52. The van der Waals surface area contributed by atoms with Gasteiger partial charge in [0.2, 0.25) is 0 Å². The largest absolute Gasteiger partial charge is 0.480 e. The van der Waals surface area contributed by atoms with Gasteiger partial charge in [0, 0.05) is 19.1 Å². The fraction of sp³-hybridized carbons (Fsp3) is 0.235. The zero-order chi connectivity index (χ0) is 17.1. The van der Waals surface area contributed by atoms with Crippen molar-refractivity contribution in [1.29, 1.82) is 0 Å². The van der Waals surface area contributed by atoms with Crippen LogP contribution in [-0.4, -0.2) is 31.3 Å². The van der Waals surface area contributed by atoms with E-state index in [2.05, 4.69) is 0 Å². The lowest BCUT2D eigenvalue weighted by molar-refractivity contribution is -0.143. The van der Waals surface area contributed by atoms with Crippen molar-refractivity contribution in [2.45, 2.75) is 23.3 Å². The Balaban J connectivity index is 2.31. The summed E-state index contributed by atoms with van der Waals surface area (Å²) in [7, 11) is -3.35. The van der Waals surface area contributed by atoms with Crippen molar-refractivity contribution < 1.29 is 18.3 Å². The highest BCUT2D eigenvalue weighted by molar-refractivity contribution is 7.90. The van der Waals surface area contributed by atoms with E-state index in [0.29, 0.717) is 5.56 Å². The van der Waals surface area contributed by atoms with Gasteiger partial charge in [0.05, 0.1) is 4.90 Å². The molecule has 0 aliphatic heterocycles. The average molecular weight is 333 g/mol. The van der Waals surface area contributed by atoms with Gasteiger partial charge in [0.25, 0.3) is 0 Å². The lowest BCUT2D eigenvalue weighted by Gasteiger charge is -2.25. The Bertz CT molecular complexity index is 802. The standard InChI is InChI=1S/C17H19NO4S/c1-23(21,22)15-9-5-8-14(10-15)12-17(18,16(19)20)11-13-6-3-2-4-7-13/h2-10H,11-12,18H2,1H3,(H,19,20)/t17-/m0/s1. The number of nitrogens with two attached hydrogens (primary N) is 1. The molecule has 0 heterocycles. The van der Waals surface area contributed by atoms with Gasteiger partial charge in [-0.1, -0.05) is 42.5 Å². The van der Waals surface area contributed by atoms with Gasteiger partial charge >= 0.3 is 5.97 Å². The van der Waals surface area contributed by atoms with Crippen LogP contribution in [-0.2, 0) is 27.5 Å². The second-order valence-corrected chi connectivity index (χ2v) is 7.74. The molecule has 23 heavy (non-hydrogen) atoms. The minimum atomic E-state index is -3.35. The van der Waals surface area contributed by atoms with Crippen molar-refractivity contribution in [3.8, 4) is 0 Å². The normalized spacial score (nSPS) is 14.2. The zero-order valence-electron chi connectivity index (χ0n) is 12.8. The average Bonchev–Trinajstić information content (AvgIpc) is 2.47. The summed E-state index contributed by atoms with van der Waals surface area (Å²) in [6.07, 6.45) is 1.32. The molecule has 0 aliphatic rings. The van der Waals surface area contributed by atoms with E-state index >= 15 is 0 Å². The highest BCUT2D eigenvalue weighted by Gasteiger charge is 2.34. The summed E-state index contributed by atoms with van der Waals surface area (Å²) >= 11 is 0. The molecule has 0 radical (unpaired) electrons. The van der Waals surface area contributed by atoms with E-state index in [0.717, 1.165) is 11.8 Å². The lowest BCUT2D eigenvalue weighted by Crippen LogP contribution is -2.51. The number of carbonyl (C=O) groups is 1. The molecule has 2 aromatic rings. The molecule has 1 atom stereocenters.